The van der Waals surface area contributed by atoms with Gasteiger partial charge in [-0.2, -0.15) is 0 Å². The van der Waals surface area contributed by atoms with Gasteiger partial charge in [-0.25, -0.2) is 0 Å². The SMILES string of the molecule is CC(C)(C)CC(Cl)CNCc1ccc(Cl)c(Cl)c1. The molecule has 18 heavy (non-hydrogen) atoms. The molecule has 1 unspecified atom stereocenters. The third kappa shape index (κ3) is 6.29. The maximum atomic E-state index is 6.28. The molecule has 1 aromatic rings. The highest BCUT2D eigenvalue weighted by Crippen LogP contribution is 2.24. The molecule has 0 amide bonds. The van der Waals surface area contributed by atoms with E-state index in [1.165, 1.54) is 0 Å². The van der Waals surface area contributed by atoms with Gasteiger partial charge in [0.15, 0.2) is 0 Å². The highest BCUT2D eigenvalue weighted by Gasteiger charge is 2.16. The molecule has 0 fully saturated rings. The molecule has 0 saturated carbocycles. The Bertz CT molecular complexity index is 385. The van der Waals surface area contributed by atoms with Crippen LogP contribution in [0.2, 0.25) is 10.0 Å². The molecule has 0 aliphatic heterocycles. The standard InChI is InChI=1S/C14H20Cl3N/c1-14(2,3)7-11(15)9-18-8-10-4-5-12(16)13(17)6-10/h4-6,11,18H,7-9H2,1-3H3. The number of alkyl halides is 1. The summed E-state index contributed by atoms with van der Waals surface area (Å²) in [6, 6.07) is 5.66. The fourth-order valence-electron chi connectivity index (χ4n) is 1.76. The predicted molar refractivity (Wildman–Crippen MR) is 81.9 cm³/mol. The lowest BCUT2D eigenvalue weighted by Crippen LogP contribution is -2.26. The molecule has 0 heterocycles. The van der Waals surface area contributed by atoms with E-state index in [1.54, 1.807) is 0 Å². The van der Waals surface area contributed by atoms with Crippen molar-refractivity contribution in [3.05, 3.63) is 33.8 Å². The Morgan fingerprint density at radius 1 is 1.17 bits per heavy atom. The molecule has 1 nitrogen and oxygen atoms in total. The van der Waals surface area contributed by atoms with E-state index in [0.717, 1.165) is 25.1 Å². The predicted octanol–water partition coefficient (Wildman–Crippen LogP) is 5.13. The molecule has 4 heteroatoms. The molecule has 0 saturated heterocycles. The third-order valence-electron chi connectivity index (χ3n) is 2.51. The molecule has 0 aromatic heterocycles. The van der Waals surface area contributed by atoms with Crippen LogP contribution in [-0.4, -0.2) is 11.9 Å². The molecule has 0 aliphatic carbocycles. The Balaban J connectivity index is 2.35. The molecule has 0 spiro atoms. The van der Waals surface area contributed by atoms with Gasteiger partial charge in [0, 0.05) is 18.5 Å². The van der Waals surface area contributed by atoms with Crippen LogP contribution in [0.15, 0.2) is 18.2 Å². The first kappa shape index (κ1) is 16.1. The van der Waals surface area contributed by atoms with Crippen LogP contribution >= 0.6 is 34.8 Å². The maximum absolute atomic E-state index is 6.28. The van der Waals surface area contributed by atoms with E-state index in [4.69, 9.17) is 34.8 Å². The maximum Gasteiger partial charge on any atom is 0.0595 e. The van der Waals surface area contributed by atoms with Crippen molar-refractivity contribution < 1.29 is 0 Å². The first-order valence-corrected chi connectivity index (χ1v) is 7.26. The molecule has 0 aliphatic rings. The van der Waals surface area contributed by atoms with Gasteiger partial charge in [0.05, 0.1) is 10.0 Å². The van der Waals surface area contributed by atoms with Gasteiger partial charge >= 0.3 is 0 Å². The van der Waals surface area contributed by atoms with Gasteiger partial charge in [-0.15, -0.1) is 11.6 Å². The number of nitrogens with one attached hydrogen (secondary N) is 1. The van der Waals surface area contributed by atoms with Crippen molar-refractivity contribution in [1.82, 2.24) is 5.32 Å². The van der Waals surface area contributed by atoms with E-state index in [-0.39, 0.29) is 10.8 Å². The van der Waals surface area contributed by atoms with Crippen LogP contribution in [0.25, 0.3) is 0 Å². The van der Waals surface area contributed by atoms with E-state index in [0.29, 0.717) is 10.0 Å². The largest absolute Gasteiger partial charge is 0.311 e. The fourth-order valence-corrected chi connectivity index (χ4v) is 2.65. The lowest BCUT2D eigenvalue weighted by molar-refractivity contribution is 0.364. The minimum absolute atomic E-state index is 0.146. The summed E-state index contributed by atoms with van der Waals surface area (Å²) in [5, 5.41) is 4.66. The molecule has 0 bridgehead atoms. The summed E-state index contributed by atoms with van der Waals surface area (Å²) in [5.74, 6) is 0. The second-order valence-corrected chi connectivity index (χ2v) is 7.17. The van der Waals surface area contributed by atoms with Crippen LogP contribution in [0, 0.1) is 5.41 Å². The minimum atomic E-state index is 0.146. The van der Waals surface area contributed by atoms with E-state index in [1.807, 2.05) is 18.2 Å². The Morgan fingerprint density at radius 3 is 2.39 bits per heavy atom. The quantitative estimate of drug-likeness (QED) is 0.744. The lowest BCUT2D eigenvalue weighted by Gasteiger charge is -2.22. The molecule has 1 rings (SSSR count). The average molecular weight is 309 g/mol. The summed E-state index contributed by atoms with van der Waals surface area (Å²) < 4.78 is 0. The van der Waals surface area contributed by atoms with Crippen molar-refractivity contribution in [1.29, 1.82) is 0 Å². The zero-order valence-corrected chi connectivity index (χ0v) is 13.3. The summed E-state index contributed by atoms with van der Waals surface area (Å²) in [5.41, 5.74) is 1.38. The van der Waals surface area contributed by atoms with Gasteiger partial charge in [0.1, 0.15) is 0 Å². The second kappa shape index (κ2) is 7.00. The van der Waals surface area contributed by atoms with Crippen LogP contribution in [0.4, 0.5) is 0 Å². The average Bonchev–Trinajstić information content (AvgIpc) is 2.20. The van der Waals surface area contributed by atoms with Gasteiger partial charge in [-0.05, 0) is 29.5 Å². The monoisotopic (exact) mass is 307 g/mol. The van der Waals surface area contributed by atoms with Crippen molar-refractivity contribution in [2.24, 2.45) is 5.41 Å². The summed E-state index contributed by atoms with van der Waals surface area (Å²) in [4.78, 5) is 0. The third-order valence-corrected chi connectivity index (χ3v) is 3.56. The first-order chi connectivity index (χ1) is 8.28. The molecule has 1 atom stereocenters. The highest BCUT2D eigenvalue weighted by molar-refractivity contribution is 6.42. The lowest BCUT2D eigenvalue weighted by atomic mass is 9.90. The van der Waals surface area contributed by atoms with E-state index in [2.05, 4.69) is 26.1 Å². The number of rotatable bonds is 5. The topological polar surface area (TPSA) is 12.0 Å². The number of hydrogen-bond donors (Lipinski definition) is 1. The van der Waals surface area contributed by atoms with Crippen LogP contribution < -0.4 is 5.32 Å². The fraction of sp³-hybridized carbons (Fsp3) is 0.571. The van der Waals surface area contributed by atoms with Crippen molar-refractivity contribution in [3.63, 3.8) is 0 Å². The second-order valence-electron chi connectivity index (χ2n) is 5.74. The number of halogens is 3. The van der Waals surface area contributed by atoms with Gasteiger partial charge in [-0.1, -0.05) is 50.0 Å². The Hall–Kier alpha value is 0.0500. The number of benzene rings is 1. The summed E-state index contributed by atoms with van der Waals surface area (Å²) >= 11 is 18.1. The molecule has 0 radical (unpaired) electrons. The van der Waals surface area contributed by atoms with Crippen LogP contribution in [0.1, 0.15) is 32.8 Å². The van der Waals surface area contributed by atoms with Crippen molar-refractivity contribution in [2.45, 2.75) is 39.1 Å². The Labute approximate surface area is 125 Å². The van der Waals surface area contributed by atoms with Gasteiger partial charge in [-0.3, -0.25) is 0 Å². The van der Waals surface area contributed by atoms with Crippen molar-refractivity contribution >= 4 is 34.8 Å². The van der Waals surface area contributed by atoms with Crippen LogP contribution in [0.5, 0.6) is 0 Å². The summed E-state index contributed by atoms with van der Waals surface area (Å²) in [7, 11) is 0. The summed E-state index contributed by atoms with van der Waals surface area (Å²) in [6.45, 7) is 8.13. The van der Waals surface area contributed by atoms with Gasteiger partial charge in [0.25, 0.3) is 0 Å². The normalized spacial score (nSPS) is 13.7. The number of hydrogen-bond acceptors (Lipinski definition) is 1. The molecular formula is C14H20Cl3N. The van der Waals surface area contributed by atoms with E-state index >= 15 is 0 Å². The zero-order valence-electron chi connectivity index (χ0n) is 11.1. The van der Waals surface area contributed by atoms with E-state index in [9.17, 15) is 0 Å². The zero-order chi connectivity index (χ0) is 13.8. The van der Waals surface area contributed by atoms with Gasteiger partial charge < -0.3 is 5.32 Å². The first-order valence-electron chi connectivity index (χ1n) is 6.06. The van der Waals surface area contributed by atoms with E-state index < -0.39 is 0 Å². The minimum Gasteiger partial charge on any atom is -0.311 e. The Morgan fingerprint density at radius 2 is 1.83 bits per heavy atom. The molecule has 1 aromatic carbocycles. The highest BCUT2D eigenvalue weighted by atomic mass is 35.5. The molecule has 1 N–H and O–H groups in total. The Kier molecular flexibility index (Phi) is 6.26. The van der Waals surface area contributed by atoms with Crippen molar-refractivity contribution in [3.8, 4) is 0 Å². The smallest absolute Gasteiger partial charge is 0.0595 e. The van der Waals surface area contributed by atoms with Gasteiger partial charge in [0.2, 0.25) is 0 Å². The van der Waals surface area contributed by atoms with Crippen LogP contribution in [-0.2, 0) is 6.54 Å². The van der Waals surface area contributed by atoms with Crippen LogP contribution in [0.3, 0.4) is 0 Å². The summed E-state index contributed by atoms with van der Waals surface area (Å²) in [6.07, 6.45) is 0.989. The molecular weight excluding hydrogens is 289 g/mol. The molecule has 102 valence electrons. The van der Waals surface area contributed by atoms with Crippen molar-refractivity contribution in [2.75, 3.05) is 6.54 Å².